The molecule has 0 aliphatic heterocycles. The number of aromatic amines is 1. The monoisotopic (exact) mass is 340 g/mol. The number of amides is 1. The summed E-state index contributed by atoms with van der Waals surface area (Å²) in [5.41, 5.74) is 0.768. The number of aromatic nitrogens is 1. The average molecular weight is 340 g/mol. The smallest absolute Gasteiger partial charge is 0.261 e. The summed E-state index contributed by atoms with van der Waals surface area (Å²) in [6.07, 6.45) is 0.990. The van der Waals surface area contributed by atoms with Gasteiger partial charge >= 0.3 is 0 Å². The van der Waals surface area contributed by atoms with Crippen LogP contribution < -0.4 is 15.6 Å². The van der Waals surface area contributed by atoms with Gasteiger partial charge in [0.2, 0.25) is 0 Å². The van der Waals surface area contributed by atoms with Crippen LogP contribution in [0.1, 0.15) is 46.7 Å². The Bertz CT molecular complexity index is 912. The van der Waals surface area contributed by atoms with E-state index in [-0.39, 0.29) is 16.8 Å². The number of hydrogen-bond acceptors (Lipinski definition) is 4. The van der Waals surface area contributed by atoms with Crippen molar-refractivity contribution < 1.29 is 14.3 Å². The van der Waals surface area contributed by atoms with E-state index in [2.05, 4.69) is 10.3 Å². The molecule has 0 saturated heterocycles. The second-order valence-electron chi connectivity index (χ2n) is 7.03. The molecule has 0 bridgehead atoms. The molecule has 1 heterocycles. The number of carbonyl (C=O) groups excluding carboxylic acids is 2. The number of rotatable bonds is 3. The molecule has 130 valence electrons. The van der Waals surface area contributed by atoms with E-state index in [0.29, 0.717) is 35.5 Å². The summed E-state index contributed by atoms with van der Waals surface area (Å²) < 4.78 is 5.11. The highest BCUT2D eigenvalue weighted by molar-refractivity contribution is 6.06. The molecular weight excluding hydrogens is 320 g/mol. The summed E-state index contributed by atoms with van der Waals surface area (Å²) in [5, 5.41) is 2.66. The van der Waals surface area contributed by atoms with Gasteiger partial charge in [0.05, 0.1) is 7.11 Å². The summed E-state index contributed by atoms with van der Waals surface area (Å²) >= 11 is 0. The first kappa shape index (κ1) is 17.0. The highest BCUT2D eigenvalue weighted by Gasteiger charge is 2.32. The lowest BCUT2D eigenvalue weighted by molar-refractivity contribution is 0.0910. The Morgan fingerprint density at radius 1 is 1.20 bits per heavy atom. The standard InChI is InChI=1S/C19H20N2O4/c1-19(2)9-15-13(16(22)10-19)8-14(18(24)21-15)17(23)20-11-5-4-6-12(7-11)25-3/h4-8H,9-10H2,1-3H3,(H,20,23)(H,21,24). The summed E-state index contributed by atoms with van der Waals surface area (Å²) in [7, 11) is 1.53. The van der Waals surface area contributed by atoms with Gasteiger partial charge in [0, 0.05) is 29.4 Å². The summed E-state index contributed by atoms with van der Waals surface area (Å²) in [4.78, 5) is 39.9. The third-order valence-electron chi connectivity index (χ3n) is 4.29. The molecule has 0 saturated carbocycles. The first-order valence-corrected chi connectivity index (χ1v) is 8.04. The topological polar surface area (TPSA) is 88.3 Å². The lowest BCUT2D eigenvalue weighted by atomic mass is 9.75. The van der Waals surface area contributed by atoms with E-state index in [1.807, 2.05) is 13.8 Å². The van der Waals surface area contributed by atoms with E-state index in [4.69, 9.17) is 4.74 Å². The number of ketones is 1. The van der Waals surface area contributed by atoms with Gasteiger partial charge in [-0.3, -0.25) is 14.4 Å². The Morgan fingerprint density at radius 3 is 2.68 bits per heavy atom. The van der Waals surface area contributed by atoms with Crippen molar-refractivity contribution >= 4 is 17.4 Å². The number of carbonyl (C=O) groups is 2. The molecule has 2 aromatic rings. The van der Waals surface area contributed by atoms with Gasteiger partial charge in [-0.25, -0.2) is 0 Å². The lowest BCUT2D eigenvalue weighted by Crippen LogP contribution is -2.32. The Labute approximate surface area is 145 Å². The Balaban J connectivity index is 1.93. The van der Waals surface area contributed by atoms with Crippen molar-refractivity contribution in [3.8, 4) is 5.75 Å². The van der Waals surface area contributed by atoms with E-state index >= 15 is 0 Å². The van der Waals surface area contributed by atoms with Crippen LogP contribution in [0.25, 0.3) is 0 Å². The van der Waals surface area contributed by atoms with Gasteiger partial charge in [-0.2, -0.15) is 0 Å². The molecule has 6 nitrogen and oxygen atoms in total. The number of fused-ring (bicyclic) bond motifs is 1. The van der Waals surface area contributed by atoms with Crippen molar-refractivity contribution in [3.05, 3.63) is 57.5 Å². The van der Waals surface area contributed by atoms with Gasteiger partial charge in [0.25, 0.3) is 11.5 Å². The largest absolute Gasteiger partial charge is 0.497 e. The quantitative estimate of drug-likeness (QED) is 0.899. The number of benzene rings is 1. The van der Waals surface area contributed by atoms with E-state index in [0.717, 1.165) is 0 Å². The molecule has 0 spiro atoms. The molecule has 1 aliphatic carbocycles. The van der Waals surface area contributed by atoms with Crippen molar-refractivity contribution in [3.63, 3.8) is 0 Å². The first-order chi connectivity index (χ1) is 11.8. The third kappa shape index (κ3) is 3.47. The molecule has 0 radical (unpaired) electrons. The lowest BCUT2D eigenvalue weighted by Gasteiger charge is -2.29. The number of nitrogens with one attached hydrogen (secondary N) is 2. The molecular formula is C19H20N2O4. The summed E-state index contributed by atoms with van der Waals surface area (Å²) in [6.45, 7) is 3.96. The van der Waals surface area contributed by atoms with Crippen LogP contribution in [0, 0.1) is 5.41 Å². The molecule has 6 heteroatoms. The summed E-state index contributed by atoms with van der Waals surface area (Å²) in [5.74, 6) is -0.0255. The number of anilines is 1. The fourth-order valence-electron chi connectivity index (χ4n) is 3.10. The Kier molecular flexibility index (Phi) is 4.20. The van der Waals surface area contributed by atoms with Crippen LogP contribution in [0.3, 0.4) is 0 Å². The van der Waals surface area contributed by atoms with Crippen LogP contribution in [-0.2, 0) is 6.42 Å². The number of H-pyrrole nitrogens is 1. The maximum atomic E-state index is 12.5. The molecule has 0 unspecified atom stereocenters. The van der Waals surface area contributed by atoms with Gasteiger partial charge in [-0.05, 0) is 30.0 Å². The number of methoxy groups -OCH3 is 1. The van der Waals surface area contributed by atoms with Crippen molar-refractivity contribution in [2.45, 2.75) is 26.7 Å². The SMILES string of the molecule is COc1cccc(NC(=O)c2cc3c([nH]c2=O)CC(C)(C)CC3=O)c1. The Morgan fingerprint density at radius 2 is 1.96 bits per heavy atom. The molecule has 0 atom stereocenters. The molecule has 1 aliphatic rings. The predicted octanol–water partition coefficient (Wildman–Crippen LogP) is 2.79. The number of hydrogen-bond donors (Lipinski definition) is 2. The van der Waals surface area contributed by atoms with E-state index in [1.54, 1.807) is 24.3 Å². The molecule has 3 rings (SSSR count). The van der Waals surface area contributed by atoms with Gasteiger partial charge in [-0.1, -0.05) is 19.9 Å². The van der Waals surface area contributed by atoms with Gasteiger partial charge in [0.15, 0.2) is 5.78 Å². The molecule has 1 aromatic heterocycles. The van der Waals surface area contributed by atoms with Crippen molar-refractivity contribution in [2.24, 2.45) is 5.41 Å². The van der Waals surface area contributed by atoms with Crippen LogP contribution in [0.15, 0.2) is 35.1 Å². The molecule has 25 heavy (non-hydrogen) atoms. The fraction of sp³-hybridized carbons (Fsp3) is 0.316. The summed E-state index contributed by atoms with van der Waals surface area (Å²) in [6, 6.07) is 8.24. The zero-order valence-corrected chi connectivity index (χ0v) is 14.4. The molecule has 0 fully saturated rings. The molecule has 1 aromatic carbocycles. The number of pyridine rings is 1. The van der Waals surface area contributed by atoms with Crippen molar-refractivity contribution in [1.82, 2.24) is 4.98 Å². The minimum absolute atomic E-state index is 0.0575. The Hall–Kier alpha value is -2.89. The number of Topliss-reactive ketones (excluding diaryl/α,β-unsaturated/α-hetero) is 1. The van der Waals surface area contributed by atoms with Crippen molar-refractivity contribution in [2.75, 3.05) is 12.4 Å². The normalized spacial score (nSPS) is 15.4. The van der Waals surface area contributed by atoms with Crippen LogP contribution in [0.5, 0.6) is 5.75 Å². The van der Waals surface area contributed by atoms with Gasteiger partial charge in [0.1, 0.15) is 11.3 Å². The van der Waals surface area contributed by atoms with E-state index in [9.17, 15) is 14.4 Å². The van der Waals surface area contributed by atoms with E-state index in [1.165, 1.54) is 13.2 Å². The highest BCUT2D eigenvalue weighted by Crippen LogP contribution is 2.33. The zero-order valence-electron chi connectivity index (χ0n) is 14.4. The van der Waals surface area contributed by atoms with Crippen LogP contribution in [0.2, 0.25) is 0 Å². The van der Waals surface area contributed by atoms with E-state index < -0.39 is 11.5 Å². The maximum absolute atomic E-state index is 12.5. The fourth-order valence-corrected chi connectivity index (χ4v) is 3.10. The minimum Gasteiger partial charge on any atom is -0.497 e. The van der Waals surface area contributed by atoms with Crippen LogP contribution in [-0.4, -0.2) is 23.8 Å². The third-order valence-corrected chi connectivity index (χ3v) is 4.29. The zero-order chi connectivity index (χ0) is 18.2. The average Bonchev–Trinajstić information content (AvgIpc) is 2.53. The highest BCUT2D eigenvalue weighted by atomic mass is 16.5. The second kappa shape index (κ2) is 6.20. The minimum atomic E-state index is -0.560. The van der Waals surface area contributed by atoms with Gasteiger partial charge in [-0.15, -0.1) is 0 Å². The first-order valence-electron chi connectivity index (χ1n) is 8.04. The molecule has 2 N–H and O–H groups in total. The van der Waals surface area contributed by atoms with Crippen LogP contribution in [0.4, 0.5) is 5.69 Å². The van der Waals surface area contributed by atoms with Crippen LogP contribution >= 0.6 is 0 Å². The predicted molar refractivity (Wildman–Crippen MR) is 94.4 cm³/mol. The second-order valence-corrected chi connectivity index (χ2v) is 7.03. The maximum Gasteiger partial charge on any atom is 0.261 e. The van der Waals surface area contributed by atoms with Gasteiger partial charge < -0.3 is 15.0 Å². The van der Waals surface area contributed by atoms with Crippen molar-refractivity contribution in [1.29, 1.82) is 0 Å². The number of ether oxygens (including phenoxy) is 1. The molecule has 1 amide bonds.